The van der Waals surface area contributed by atoms with Crippen LogP contribution in [0.3, 0.4) is 0 Å². The van der Waals surface area contributed by atoms with E-state index < -0.39 is 12.6 Å². The Labute approximate surface area is 124 Å². The zero-order chi connectivity index (χ0) is 15.9. The highest BCUT2D eigenvalue weighted by Gasteiger charge is 2.17. The van der Waals surface area contributed by atoms with Crippen LogP contribution in [0.1, 0.15) is 29.5 Å². The van der Waals surface area contributed by atoms with Crippen LogP contribution < -0.4 is 4.74 Å². The number of alkyl halides is 2. The number of carbonyl (C=O) groups is 1. The maximum absolute atomic E-state index is 12.3. The summed E-state index contributed by atoms with van der Waals surface area (Å²) in [6.07, 6.45) is 0.817. The molecular weight excluding hydrogens is 298 g/mol. The number of esters is 1. The van der Waals surface area contributed by atoms with Gasteiger partial charge in [0.25, 0.3) is 0 Å². The van der Waals surface area contributed by atoms with Gasteiger partial charge in [-0.2, -0.15) is 8.78 Å². The van der Waals surface area contributed by atoms with E-state index in [4.69, 9.17) is 4.74 Å². The number of aromatic nitrogens is 4. The van der Waals surface area contributed by atoms with E-state index >= 15 is 0 Å². The van der Waals surface area contributed by atoms with Crippen molar-refractivity contribution < 1.29 is 23.0 Å². The lowest BCUT2D eigenvalue weighted by atomic mass is 10.2. The Kier molecular flexibility index (Phi) is 5.34. The molecule has 0 aliphatic rings. The van der Waals surface area contributed by atoms with Gasteiger partial charge in [-0.1, -0.05) is 19.1 Å². The van der Waals surface area contributed by atoms with Gasteiger partial charge in [-0.25, -0.2) is 9.48 Å². The molecule has 0 saturated carbocycles. The van der Waals surface area contributed by atoms with Crippen molar-refractivity contribution >= 4 is 5.97 Å². The van der Waals surface area contributed by atoms with Crippen LogP contribution in [0.15, 0.2) is 24.3 Å². The molecule has 0 saturated heterocycles. The lowest BCUT2D eigenvalue weighted by Gasteiger charge is -2.10. The monoisotopic (exact) mass is 312 g/mol. The molecule has 0 aliphatic heterocycles. The van der Waals surface area contributed by atoms with E-state index in [9.17, 15) is 13.6 Å². The Bertz CT molecular complexity index is 633. The Morgan fingerprint density at radius 3 is 2.86 bits per heavy atom. The average Bonchev–Trinajstić information content (AvgIpc) is 2.92. The van der Waals surface area contributed by atoms with Crippen molar-refractivity contribution in [1.82, 2.24) is 20.2 Å². The normalized spacial score (nSPS) is 10.7. The van der Waals surface area contributed by atoms with Crippen molar-refractivity contribution in [3.05, 3.63) is 35.7 Å². The van der Waals surface area contributed by atoms with E-state index in [1.807, 2.05) is 6.92 Å². The fourth-order valence-electron chi connectivity index (χ4n) is 1.75. The summed E-state index contributed by atoms with van der Waals surface area (Å²) < 4.78 is 35.5. The van der Waals surface area contributed by atoms with Gasteiger partial charge >= 0.3 is 12.6 Å². The number of nitrogens with zero attached hydrogens (tertiary/aromatic N) is 4. The van der Waals surface area contributed by atoms with Gasteiger partial charge in [0.05, 0.1) is 0 Å². The van der Waals surface area contributed by atoms with Crippen molar-refractivity contribution in [2.45, 2.75) is 33.1 Å². The molecule has 0 bridgehead atoms. The molecule has 118 valence electrons. The number of carbonyl (C=O) groups excluding carboxylic acids is 1. The Morgan fingerprint density at radius 2 is 2.14 bits per heavy atom. The minimum atomic E-state index is -3.02. The van der Waals surface area contributed by atoms with Crippen molar-refractivity contribution in [3.8, 4) is 5.75 Å². The number of tetrazole rings is 1. The number of para-hydroxylation sites is 1. The van der Waals surface area contributed by atoms with Crippen molar-refractivity contribution in [3.63, 3.8) is 0 Å². The predicted octanol–water partition coefficient (Wildman–Crippen LogP) is 2.04. The summed E-state index contributed by atoms with van der Waals surface area (Å²) in [6, 6.07) is 5.62. The van der Waals surface area contributed by atoms with E-state index in [0.29, 0.717) is 12.4 Å². The van der Waals surface area contributed by atoms with Crippen molar-refractivity contribution in [2.75, 3.05) is 0 Å². The molecule has 0 atom stereocenters. The highest BCUT2D eigenvalue weighted by Crippen LogP contribution is 2.21. The molecule has 2 aromatic rings. The molecule has 22 heavy (non-hydrogen) atoms. The molecule has 0 N–H and O–H groups in total. The largest absolute Gasteiger partial charge is 0.454 e. The maximum Gasteiger partial charge on any atom is 0.387 e. The molecule has 1 heterocycles. The molecule has 1 aromatic heterocycles. The van der Waals surface area contributed by atoms with Crippen molar-refractivity contribution in [1.29, 1.82) is 0 Å². The first-order chi connectivity index (χ1) is 10.6. The van der Waals surface area contributed by atoms with Gasteiger partial charge in [0.1, 0.15) is 11.3 Å². The molecule has 7 nitrogen and oxygen atoms in total. The third kappa shape index (κ3) is 3.96. The highest BCUT2D eigenvalue weighted by molar-refractivity contribution is 5.92. The number of ether oxygens (including phenoxy) is 2. The SMILES string of the molecule is CCCn1nnnc1COC(=O)c1ccccc1OC(F)F. The summed E-state index contributed by atoms with van der Waals surface area (Å²) >= 11 is 0. The first-order valence-electron chi connectivity index (χ1n) is 6.57. The summed E-state index contributed by atoms with van der Waals surface area (Å²) in [6.45, 7) is -0.638. The van der Waals surface area contributed by atoms with Gasteiger partial charge in [-0.3, -0.25) is 0 Å². The Hall–Kier alpha value is -2.58. The van der Waals surface area contributed by atoms with Gasteiger partial charge in [-0.15, -0.1) is 5.10 Å². The lowest BCUT2D eigenvalue weighted by molar-refractivity contribution is -0.0505. The van der Waals surface area contributed by atoms with Crippen LogP contribution in [0.2, 0.25) is 0 Å². The highest BCUT2D eigenvalue weighted by atomic mass is 19.3. The summed E-state index contributed by atoms with van der Waals surface area (Å²) in [5.74, 6) is -0.652. The number of rotatable bonds is 7. The molecular formula is C13H14F2N4O3. The van der Waals surface area contributed by atoms with Gasteiger partial charge < -0.3 is 9.47 Å². The Morgan fingerprint density at radius 1 is 1.36 bits per heavy atom. The van der Waals surface area contributed by atoms with Crippen LogP contribution in [0.4, 0.5) is 8.78 Å². The number of benzene rings is 1. The minimum Gasteiger partial charge on any atom is -0.454 e. The fraction of sp³-hybridized carbons (Fsp3) is 0.385. The topological polar surface area (TPSA) is 79.1 Å². The van der Waals surface area contributed by atoms with Crippen LogP contribution in [0.5, 0.6) is 5.75 Å². The second kappa shape index (κ2) is 7.43. The minimum absolute atomic E-state index is 0.0858. The molecule has 0 amide bonds. The van der Waals surface area contributed by atoms with Gasteiger partial charge in [-0.05, 0) is 29.0 Å². The number of aryl methyl sites for hydroxylation is 1. The van der Waals surface area contributed by atoms with E-state index in [1.165, 1.54) is 28.9 Å². The second-order valence-corrected chi connectivity index (χ2v) is 4.27. The van der Waals surface area contributed by atoms with Crippen LogP contribution >= 0.6 is 0 Å². The third-order valence-corrected chi connectivity index (χ3v) is 2.70. The smallest absolute Gasteiger partial charge is 0.387 e. The molecule has 2 rings (SSSR count). The van der Waals surface area contributed by atoms with Gasteiger partial charge in [0.15, 0.2) is 12.4 Å². The fourth-order valence-corrected chi connectivity index (χ4v) is 1.75. The molecule has 9 heteroatoms. The average molecular weight is 312 g/mol. The molecule has 1 aromatic carbocycles. The van der Waals surface area contributed by atoms with Crippen molar-refractivity contribution in [2.24, 2.45) is 0 Å². The second-order valence-electron chi connectivity index (χ2n) is 4.27. The molecule has 0 aliphatic carbocycles. The van der Waals surface area contributed by atoms with E-state index in [2.05, 4.69) is 20.3 Å². The van der Waals surface area contributed by atoms with E-state index in [1.54, 1.807) is 0 Å². The quantitative estimate of drug-likeness (QED) is 0.728. The molecule has 0 radical (unpaired) electrons. The predicted molar refractivity (Wildman–Crippen MR) is 70.3 cm³/mol. The first-order valence-corrected chi connectivity index (χ1v) is 6.57. The first kappa shape index (κ1) is 15.8. The Balaban J connectivity index is 2.05. The van der Waals surface area contributed by atoms with Gasteiger partial charge in [0, 0.05) is 6.54 Å². The van der Waals surface area contributed by atoms with Crippen LogP contribution in [0, 0.1) is 0 Å². The number of hydrogen-bond acceptors (Lipinski definition) is 6. The van der Waals surface area contributed by atoms with Crippen LogP contribution in [0.25, 0.3) is 0 Å². The summed E-state index contributed by atoms with van der Waals surface area (Å²) in [7, 11) is 0. The molecule has 0 fully saturated rings. The van der Waals surface area contributed by atoms with Crippen LogP contribution in [-0.2, 0) is 17.9 Å². The standard InChI is InChI=1S/C13H14F2N4O3/c1-2-7-19-11(16-17-18-19)8-21-12(20)9-5-3-4-6-10(9)22-13(14)15/h3-6,13H,2,7-8H2,1H3. The summed E-state index contributed by atoms with van der Waals surface area (Å²) in [5.41, 5.74) is -0.0858. The van der Waals surface area contributed by atoms with E-state index in [0.717, 1.165) is 6.42 Å². The van der Waals surface area contributed by atoms with E-state index in [-0.39, 0.29) is 17.9 Å². The zero-order valence-electron chi connectivity index (χ0n) is 11.8. The molecule has 0 unspecified atom stereocenters. The number of halogens is 2. The third-order valence-electron chi connectivity index (χ3n) is 2.70. The maximum atomic E-state index is 12.3. The molecule has 0 spiro atoms. The summed E-state index contributed by atoms with van der Waals surface area (Å²) in [4.78, 5) is 12.0. The summed E-state index contributed by atoms with van der Waals surface area (Å²) in [5, 5.41) is 11.0. The lowest BCUT2D eigenvalue weighted by Crippen LogP contribution is -2.13. The van der Waals surface area contributed by atoms with Gasteiger partial charge in [0.2, 0.25) is 0 Å². The van der Waals surface area contributed by atoms with Crippen LogP contribution in [-0.4, -0.2) is 32.8 Å². The number of hydrogen-bond donors (Lipinski definition) is 0. The zero-order valence-corrected chi connectivity index (χ0v) is 11.8.